The van der Waals surface area contributed by atoms with E-state index in [0.717, 1.165) is 0 Å². The summed E-state index contributed by atoms with van der Waals surface area (Å²) in [5.74, 6) is -1.71. The molecule has 2 aromatic carbocycles. The standard InChI is InChI=1S/C22H19F5N2O2/c23-16-6-1-13(2-7-16)18-11-15(21(28-18)14-3-8-17(24)9-4-14)5-10-20(31)29-19(12-30)22(25,26)27/h1-4,6-9,11,19,28,30H,5,10,12H2,(H,29,31)/t19-/m0/s1. The second-order valence-electron chi connectivity index (χ2n) is 6.94. The zero-order valence-corrected chi connectivity index (χ0v) is 16.1. The third kappa shape index (κ3) is 5.69. The van der Waals surface area contributed by atoms with Gasteiger partial charge >= 0.3 is 6.18 Å². The van der Waals surface area contributed by atoms with Gasteiger partial charge in [-0.05, 0) is 77.7 Å². The van der Waals surface area contributed by atoms with Crippen molar-refractivity contribution in [3.05, 3.63) is 71.8 Å². The largest absolute Gasteiger partial charge is 0.410 e. The van der Waals surface area contributed by atoms with Crippen molar-refractivity contribution in [1.82, 2.24) is 10.3 Å². The van der Waals surface area contributed by atoms with E-state index in [2.05, 4.69) is 4.98 Å². The number of aryl methyl sites for hydroxylation is 1. The number of halogens is 5. The average Bonchev–Trinajstić information content (AvgIpc) is 3.15. The number of aromatic nitrogens is 1. The highest BCUT2D eigenvalue weighted by molar-refractivity contribution is 5.78. The summed E-state index contributed by atoms with van der Waals surface area (Å²) in [5.41, 5.74) is 3.08. The molecule has 0 aliphatic carbocycles. The number of rotatable bonds is 7. The van der Waals surface area contributed by atoms with Crippen LogP contribution in [0.15, 0.2) is 54.6 Å². The molecule has 3 rings (SSSR count). The Morgan fingerprint density at radius 3 is 2.03 bits per heavy atom. The number of hydrogen-bond acceptors (Lipinski definition) is 2. The van der Waals surface area contributed by atoms with Crippen LogP contribution in [0.1, 0.15) is 12.0 Å². The molecule has 3 aromatic rings. The molecule has 1 amide bonds. The van der Waals surface area contributed by atoms with Crippen molar-refractivity contribution in [3.63, 3.8) is 0 Å². The number of alkyl halides is 3. The number of benzene rings is 2. The summed E-state index contributed by atoms with van der Waals surface area (Å²) in [6, 6.07) is 10.7. The van der Waals surface area contributed by atoms with Crippen molar-refractivity contribution in [3.8, 4) is 22.5 Å². The maximum absolute atomic E-state index is 13.3. The Hall–Kier alpha value is -3.20. The Kier molecular flexibility index (Phi) is 6.74. The number of amides is 1. The lowest BCUT2D eigenvalue weighted by atomic mass is 10.0. The third-order valence-electron chi connectivity index (χ3n) is 4.72. The van der Waals surface area contributed by atoms with Crippen LogP contribution in [-0.2, 0) is 11.2 Å². The summed E-state index contributed by atoms with van der Waals surface area (Å²) in [4.78, 5) is 15.2. The fourth-order valence-corrected chi connectivity index (χ4v) is 3.10. The van der Waals surface area contributed by atoms with Crippen LogP contribution in [0.25, 0.3) is 22.5 Å². The Balaban J connectivity index is 1.84. The summed E-state index contributed by atoms with van der Waals surface area (Å²) < 4.78 is 64.8. The lowest BCUT2D eigenvalue weighted by Crippen LogP contribution is -2.47. The molecular formula is C22H19F5N2O2. The highest BCUT2D eigenvalue weighted by atomic mass is 19.4. The molecule has 0 fully saturated rings. The summed E-state index contributed by atoms with van der Waals surface area (Å²) >= 11 is 0. The molecule has 0 aliphatic rings. The van der Waals surface area contributed by atoms with E-state index in [0.29, 0.717) is 28.1 Å². The fraction of sp³-hybridized carbons (Fsp3) is 0.227. The molecule has 4 nitrogen and oxygen atoms in total. The fourth-order valence-electron chi connectivity index (χ4n) is 3.10. The average molecular weight is 438 g/mol. The first-order valence-electron chi connectivity index (χ1n) is 9.38. The molecule has 0 radical (unpaired) electrons. The van der Waals surface area contributed by atoms with E-state index in [-0.39, 0.29) is 12.8 Å². The molecule has 0 saturated heterocycles. The van der Waals surface area contributed by atoms with Crippen LogP contribution in [0.4, 0.5) is 22.0 Å². The molecule has 0 bridgehead atoms. The van der Waals surface area contributed by atoms with E-state index in [1.54, 1.807) is 23.5 Å². The second-order valence-corrected chi connectivity index (χ2v) is 6.94. The highest BCUT2D eigenvalue weighted by Gasteiger charge is 2.40. The van der Waals surface area contributed by atoms with Gasteiger partial charge in [-0.2, -0.15) is 13.2 Å². The predicted molar refractivity (Wildman–Crippen MR) is 105 cm³/mol. The molecule has 164 valence electrons. The first-order valence-corrected chi connectivity index (χ1v) is 9.38. The molecule has 3 N–H and O–H groups in total. The van der Waals surface area contributed by atoms with E-state index in [4.69, 9.17) is 5.11 Å². The predicted octanol–water partition coefficient (Wildman–Crippen LogP) is 4.60. The Labute approximate surface area is 174 Å². The molecule has 1 aromatic heterocycles. The van der Waals surface area contributed by atoms with Gasteiger partial charge in [0.05, 0.1) is 6.61 Å². The number of carbonyl (C=O) groups is 1. The lowest BCUT2D eigenvalue weighted by molar-refractivity contribution is -0.168. The monoisotopic (exact) mass is 438 g/mol. The highest BCUT2D eigenvalue weighted by Crippen LogP contribution is 2.30. The quantitative estimate of drug-likeness (QED) is 0.472. The minimum absolute atomic E-state index is 0.0895. The minimum Gasteiger partial charge on any atom is -0.394 e. The molecule has 9 heteroatoms. The third-order valence-corrected chi connectivity index (χ3v) is 4.72. The topological polar surface area (TPSA) is 65.1 Å². The van der Waals surface area contributed by atoms with E-state index in [9.17, 15) is 26.7 Å². The van der Waals surface area contributed by atoms with Crippen LogP contribution in [0.2, 0.25) is 0 Å². The Bertz CT molecular complexity index is 1030. The van der Waals surface area contributed by atoms with Crippen LogP contribution in [0, 0.1) is 11.6 Å². The zero-order chi connectivity index (χ0) is 22.6. The van der Waals surface area contributed by atoms with Crippen molar-refractivity contribution in [2.75, 3.05) is 6.61 Å². The van der Waals surface area contributed by atoms with Gasteiger partial charge in [0.2, 0.25) is 5.91 Å². The van der Waals surface area contributed by atoms with Crippen LogP contribution in [-0.4, -0.2) is 34.8 Å². The number of carbonyl (C=O) groups excluding carboxylic acids is 1. The molecular weight excluding hydrogens is 419 g/mol. The van der Waals surface area contributed by atoms with E-state index in [1.807, 2.05) is 0 Å². The molecule has 1 atom stereocenters. The molecule has 0 spiro atoms. The van der Waals surface area contributed by atoms with Crippen LogP contribution >= 0.6 is 0 Å². The van der Waals surface area contributed by atoms with Gasteiger partial charge < -0.3 is 15.4 Å². The molecule has 1 heterocycles. The number of aliphatic hydroxyl groups is 1. The van der Waals surface area contributed by atoms with E-state index in [1.165, 1.54) is 36.4 Å². The number of nitrogens with one attached hydrogen (secondary N) is 2. The Morgan fingerprint density at radius 1 is 0.968 bits per heavy atom. The second kappa shape index (κ2) is 9.30. The SMILES string of the molecule is O=C(CCc1cc(-c2ccc(F)cc2)[nH]c1-c1ccc(F)cc1)N[C@@H](CO)C(F)(F)F. The number of hydrogen-bond donors (Lipinski definition) is 3. The summed E-state index contributed by atoms with van der Waals surface area (Å²) in [5, 5.41) is 10.6. The van der Waals surface area contributed by atoms with Gasteiger partial charge in [0.15, 0.2) is 0 Å². The van der Waals surface area contributed by atoms with Crippen molar-refractivity contribution in [2.45, 2.75) is 25.1 Å². The van der Waals surface area contributed by atoms with Crippen LogP contribution in [0.5, 0.6) is 0 Å². The number of aromatic amines is 1. The smallest absolute Gasteiger partial charge is 0.394 e. The molecule has 0 unspecified atom stereocenters. The van der Waals surface area contributed by atoms with Gasteiger partial charge in [-0.25, -0.2) is 8.78 Å². The maximum Gasteiger partial charge on any atom is 0.410 e. The summed E-state index contributed by atoms with van der Waals surface area (Å²) in [6.07, 6.45) is -4.93. The van der Waals surface area contributed by atoms with E-state index >= 15 is 0 Å². The zero-order valence-electron chi connectivity index (χ0n) is 16.1. The molecule has 0 saturated carbocycles. The van der Waals surface area contributed by atoms with Crippen molar-refractivity contribution < 1.29 is 31.9 Å². The van der Waals surface area contributed by atoms with Gasteiger partial charge in [0, 0.05) is 17.8 Å². The molecule has 0 aliphatic heterocycles. The number of aliphatic hydroxyl groups excluding tert-OH is 1. The number of H-pyrrole nitrogens is 1. The van der Waals surface area contributed by atoms with Crippen LogP contribution in [0.3, 0.4) is 0 Å². The van der Waals surface area contributed by atoms with Crippen molar-refractivity contribution in [2.24, 2.45) is 0 Å². The van der Waals surface area contributed by atoms with Gasteiger partial charge in [-0.15, -0.1) is 0 Å². The summed E-state index contributed by atoms with van der Waals surface area (Å²) in [7, 11) is 0. The Morgan fingerprint density at radius 2 is 1.52 bits per heavy atom. The normalized spacial score (nSPS) is 12.6. The minimum atomic E-state index is -4.76. The first-order chi connectivity index (χ1) is 14.7. The molecule has 31 heavy (non-hydrogen) atoms. The van der Waals surface area contributed by atoms with Gasteiger partial charge in [-0.1, -0.05) is 0 Å². The summed E-state index contributed by atoms with van der Waals surface area (Å²) in [6.45, 7) is -1.26. The van der Waals surface area contributed by atoms with Gasteiger partial charge in [-0.3, -0.25) is 4.79 Å². The van der Waals surface area contributed by atoms with E-state index < -0.39 is 36.4 Å². The maximum atomic E-state index is 13.3. The van der Waals surface area contributed by atoms with Gasteiger partial charge in [0.25, 0.3) is 0 Å². The van der Waals surface area contributed by atoms with Crippen molar-refractivity contribution >= 4 is 5.91 Å². The van der Waals surface area contributed by atoms with Crippen LogP contribution < -0.4 is 5.32 Å². The van der Waals surface area contributed by atoms with Gasteiger partial charge in [0.1, 0.15) is 17.7 Å². The first kappa shape index (κ1) is 22.5. The van der Waals surface area contributed by atoms with Crippen molar-refractivity contribution in [1.29, 1.82) is 0 Å². The lowest BCUT2D eigenvalue weighted by Gasteiger charge is -2.19.